The summed E-state index contributed by atoms with van der Waals surface area (Å²) in [5.41, 5.74) is 7.30. The average Bonchev–Trinajstić information content (AvgIpc) is 2.88. The van der Waals surface area contributed by atoms with Gasteiger partial charge in [0.1, 0.15) is 0 Å². The van der Waals surface area contributed by atoms with Crippen LogP contribution < -0.4 is 10.9 Å². The van der Waals surface area contributed by atoms with Crippen LogP contribution in [0.2, 0.25) is 5.02 Å². The van der Waals surface area contributed by atoms with Crippen molar-refractivity contribution in [2.45, 2.75) is 6.42 Å². The summed E-state index contributed by atoms with van der Waals surface area (Å²) in [6.45, 7) is 0. The minimum atomic E-state index is -0.113. The lowest BCUT2D eigenvalue weighted by molar-refractivity contribution is -0.119. The zero-order chi connectivity index (χ0) is 14.7. The molecule has 0 spiro atoms. The van der Waals surface area contributed by atoms with Crippen LogP contribution in [0, 0.1) is 0 Å². The number of amides is 1. The van der Waals surface area contributed by atoms with E-state index < -0.39 is 0 Å². The highest BCUT2D eigenvalue weighted by atomic mass is 35.5. The fourth-order valence-electron chi connectivity index (χ4n) is 1.90. The zero-order valence-electron chi connectivity index (χ0n) is 11.0. The maximum Gasteiger partial charge on any atom is 0.242 e. The molecule has 0 saturated carbocycles. The Balaban J connectivity index is 1.62. The van der Waals surface area contributed by atoms with Gasteiger partial charge in [0.2, 0.25) is 11.0 Å². The summed E-state index contributed by atoms with van der Waals surface area (Å²) in [5, 5.41) is 1.31. The summed E-state index contributed by atoms with van der Waals surface area (Å²) < 4.78 is 0.974. The van der Waals surface area contributed by atoms with E-state index in [1.54, 1.807) is 6.07 Å². The van der Waals surface area contributed by atoms with Crippen LogP contribution in [0.1, 0.15) is 5.56 Å². The Morgan fingerprint density at radius 2 is 2.00 bits per heavy atom. The Bertz CT molecular complexity index is 773. The lowest BCUT2D eigenvalue weighted by atomic mass is 10.1. The van der Waals surface area contributed by atoms with Crippen LogP contribution in [0.3, 0.4) is 0 Å². The molecule has 0 unspecified atom stereocenters. The average molecular weight is 318 g/mol. The van der Waals surface area contributed by atoms with Gasteiger partial charge in [0.05, 0.1) is 16.6 Å². The third kappa shape index (κ3) is 3.51. The second kappa shape index (κ2) is 6.11. The number of carbonyl (C=O) groups is 1. The molecule has 3 rings (SSSR count). The molecule has 1 aromatic heterocycles. The Morgan fingerprint density at radius 1 is 1.19 bits per heavy atom. The van der Waals surface area contributed by atoms with Gasteiger partial charge in [-0.05, 0) is 23.8 Å². The molecule has 0 aliphatic rings. The number of nitrogens with zero attached hydrogens (tertiary/aromatic N) is 1. The van der Waals surface area contributed by atoms with E-state index in [1.165, 1.54) is 11.3 Å². The van der Waals surface area contributed by atoms with Crippen LogP contribution in [0.25, 0.3) is 10.2 Å². The van der Waals surface area contributed by atoms with Gasteiger partial charge in [0.15, 0.2) is 0 Å². The SMILES string of the molecule is O=C(Cc1ccccc1)NNc1nc2ccc(Cl)cc2s1. The highest BCUT2D eigenvalue weighted by molar-refractivity contribution is 7.22. The number of fused-ring (bicyclic) bond motifs is 1. The molecule has 2 N–H and O–H groups in total. The molecular formula is C15H12ClN3OS. The largest absolute Gasteiger partial charge is 0.273 e. The number of halogens is 1. The minimum absolute atomic E-state index is 0.113. The first-order valence-electron chi connectivity index (χ1n) is 6.35. The number of anilines is 1. The molecule has 0 aliphatic heterocycles. The van der Waals surface area contributed by atoms with Crippen LogP contribution in [-0.4, -0.2) is 10.9 Å². The summed E-state index contributed by atoms with van der Waals surface area (Å²) in [6, 6.07) is 15.1. The number of nitrogens with one attached hydrogen (secondary N) is 2. The molecule has 3 aromatic rings. The standard InChI is InChI=1S/C15H12ClN3OS/c16-11-6-7-12-13(9-11)21-15(17-12)19-18-14(20)8-10-4-2-1-3-5-10/h1-7,9H,8H2,(H,17,19)(H,18,20). The van der Waals surface area contributed by atoms with Crippen LogP contribution in [-0.2, 0) is 11.2 Å². The molecule has 4 nitrogen and oxygen atoms in total. The first-order valence-corrected chi connectivity index (χ1v) is 7.55. The van der Waals surface area contributed by atoms with Gasteiger partial charge in [-0.3, -0.25) is 15.6 Å². The van der Waals surface area contributed by atoms with Gasteiger partial charge in [-0.1, -0.05) is 53.3 Å². The van der Waals surface area contributed by atoms with E-state index in [4.69, 9.17) is 11.6 Å². The van der Waals surface area contributed by atoms with Gasteiger partial charge in [0, 0.05) is 5.02 Å². The van der Waals surface area contributed by atoms with E-state index in [0.717, 1.165) is 15.8 Å². The van der Waals surface area contributed by atoms with E-state index in [1.807, 2.05) is 42.5 Å². The van der Waals surface area contributed by atoms with Crippen molar-refractivity contribution in [2.75, 3.05) is 5.43 Å². The van der Waals surface area contributed by atoms with E-state index >= 15 is 0 Å². The molecule has 0 aliphatic carbocycles. The smallest absolute Gasteiger partial charge is 0.242 e. The van der Waals surface area contributed by atoms with Crippen molar-refractivity contribution in [3.63, 3.8) is 0 Å². The topological polar surface area (TPSA) is 54.0 Å². The lowest BCUT2D eigenvalue weighted by Crippen LogP contribution is -2.30. The Hall–Kier alpha value is -2.11. The molecule has 106 valence electrons. The summed E-state index contributed by atoms with van der Waals surface area (Å²) in [5.74, 6) is -0.113. The van der Waals surface area contributed by atoms with Gasteiger partial charge < -0.3 is 0 Å². The normalized spacial score (nSPS) is 10.5. The van der Waals surface area contributed by atoms with Crippen LogP contribution in [0.15, 0.2) is 48.5 Å². The molecule has 6 heteroatoms. The summed E-state index contributed by atoms with van der Waals surface area (Å²) in [6.07, 6.45) is 0.324. The number of hydrazine groups is 1. The van der Waals surface area contributed by atoms with Crippen molar-refractivity contribution in [1.29, 1.82) is 0 Å². The van der Waals surface area contributed by atoms with E-state index in [9.17, 15) is 4.79 Å². The van der Waals surface area contributed by atoms with Gasteiger partial charge >= 0.3 is 0 Å². The third-order valence-corrected chi connectivity index (χ3v) is 4.04. The molecule has 2 aromatic carbocycles. The molecule has 1 heterocycles. The molecular weight excluding hydrogens is 306 g/mol. The van der Waals surface area contributed by atoms with Crippen molar-refractivity contribution in [3.8, 4) is 0 Å². The monoisotopic (exact) mass is 317 g/mol. The van der Waals surface area contributed by atoms with E-state index in [2.05, 4.69) is 15.8 Å². The van der Waals surface area contributed by atoms with Crippen molar-refractivity contribution in [3.05, 3.63) is 59.1 Å². The van der Waals surface area contributed by atoms with Gasteiger partial charge in [-0.15, -0.1) is 0 Å². The van der Waals surface area contributed by atoms with Crippen LogP contribution >= 0.6 is 22.9 Å². The van der Waals surface area contributed by atoms with Crippen molar-refractivity contribution < 1.29 is 4.79 Å². The van der Waals surface area contributed by atoms with Crippen molar-refractivity contribution in [1.82, 2.24) is 10.4 Å². The summed E-state index contributed by atoms with van der Waals surface area (Å²) in [7, 11) is 0. The van der Waals surface area contributed by atoms with Gasteiger partial charge in [-0.2, -0.15) is 0 Å². The molecule has 0 atom stereocenters. The molecule has 0 bridgehead atoms. The Morgan fingerprint density at radius 3 is 2.81 bits per heavy atom. The summed E-state index contributed by atoms with van der Waals surface area (Å²) in [4.78, 5) is 16.2. The van der Waals surface area contributed by atoms with Crippen molar-refractivity contribution in [2.24, 2.45) is 0 Å². The number of benzene rings is 2. The second-order valence-corrected chi connectivity index (χ2v) is 5.93. The predicted molar refractivity (Wildman–Crippen MR) is 86.5 cm³/mol. The number of rotatable bonds is 4. The van der Waals surface area contributed by atoms with Crippen LogP contribution in [0.4, 0.5) is 5.13 Å². The van der Waals surface area contributed by atoms with E-state index in [0.29, 0.717) is 16.6 Å². The third-order valence-electron chi connectivity index (χ3n) is 2.87. The molecule has 1 amide bonds. The first-order chi connectivity index (χ1) is 10.2. The quantitative estimate of drug-likeness (QED) is 0.722. The number of hydrogen-bond donors (Lipinski definition) is 2. The Kier molecular flexibility index (Phi) is 4.03. The fourth-order valence-corrected chi connectivity index (χ4v) is 3.00. The number of thiazole rings is 1. The first kappa shape index (κ1) is 13.9. The highest BCUT2D eigenvalue weighted by Gasteiger charge is 2.06. The van der Waals surface area contributed by atoms with Gasteiger partial charge in [-0.25, -0.2) is 4.98 Å². The van der Waals surface area contributed by atoms with Crippen LogP contribution in [0.5, 0.6) is 0 Å². The molecule has 0 saturated heterocycles. The van der Waals surface area contributed by atoms with Crippen molar-refractivity contribution >= 4 is 44.2 Å². The lowest BCUT2D eigenvalue weighted by Gasteiger charge is -2.05. The number of hydrogen-bond acceptors (Lipinski definition) is 4. The fraction of sp³-hybridized carbons (Fsp3) is 0.0667. The molecule has 21 heavy (non-hydrogen) atoms. The summed E-state index contributed by atoms with van der Waals surface area (Å²) >= 11 is 7.37. The minimum Gasteiger partial charge on any atom is -0.273 e. The maximum absolute atomic E-state index is 11.8. The zero-order valence-corrected chi connectivity index (χ0v) is 12.5. The number of carbonyl (C=O) groups excluding carboxylic acids is 1. The van der Waals surface area contributed by atoms with Gasteiger partial charge in [0.25, 0.3) is 0 Å². The molecule has 0 fully saturated rings. The maximum atomic E-state index is 11.8. The second-order valence-electron chi connectivity index (χ2n) is 4.47. The highest BCUT2D eigenvalue weighted by Crippen LogP contribution is 2.27. The molecule has 0 radical (unpaired) electrons. The predicted octanol–water partition coefficient (Wildman–Crippen LogP) is 3.64. The number of aromatic nitrogens is 1. The van der Waals surface area contributed by atoms with E-state index in [-0.39, 0.29) is 5.91 Å². The Labute approximate surface area is 130 Å².